The maximum Gasteiger partial charge on any atom is 0.251 e. The van der Waals surface area contributed by atoms with E-state index in [1.165, 1.54) is 0 Å². The number of ether oxygens (including phenoxy) is 1. The molecule has 1 heterocycles. The number of sulfone groups is 1. The van der Waals surface area contributed by atoms with Gasteiger partial charge in [-0.05, 0) is 31.9 Å². The lowest BCUT2D eigenvalue weighted by molar-refractivity contribution is 0.0938. The number of carbonyl (C=O) groups is 1. The van der Waals surface area contributed by atoms with Gasteiger partial charge in [0.25, 0.3) is 5.91 Å². The summed E-state index contributed by atoms with van der Waals surface area (Å²) < 4.78 is 28.5. The number of anilines is 1. The van der Waals surface area contributed by atoms with Gasteiger partial charge in [-0.25, -0.2) is 8.42 Å². The van der Waals surface area contributed by atoms with E-state index in [0.29, 0.717) is 36.4 Å². The van der Waals surface area contributed by atoms with E-state index in [0.717, 1.165) is 0 Å². The zero-order chi connectivity index (χ0) is 15.5. The quantitative estimate of drug-likeness (QED) is 0.807. The minimum Gasteiger partial charge on any atom is -0.494 e. The van der Waals surface area contributed by atoms with Crippen LogP contribution in [0.1, 0.15) is 30.1 Å². The molecule has 0 radical (unpaired) electrons. The van der Waals surface area contributed by atoms with Crippen molar-refractivity contribution >= 4 is 21.4 Å². The van der Waals surface area contributed by atoms with Gasteiger partial charge in [-0.1, -0.05) is 0 Å². The van der Waals surface area contributed by atoms with Crippen LogP contribution in [-0.2, 0) is 9.84 Å². The summed E-state index contributed by atoms with van der Waals surface area (Å²) in [4.78, 5) is 12.2. The zero-order valence-electron chi connectivity index (χ0n) is 12.0. The fraction of sp³-hybridized carbons (Fsp3) is 0.500. The summed E-state index contributed by atoms with van der Waals surface area (Å²) in [5.74, 6) is 0.398. The SMILES string of the molecule is CCOc1cc(N)cc(C(=O)NC2CCCS(=O)(=O)C2)c1. The van der Waals surface area contributed by atoms with Crippen molar-refractivity contribution < 1.29 is 17.9 Å². The van der Waals surface area contributed by atoms with Gasteiger partial charge in [-0.2, -0.15) is 0 Å². The Morgan fingerprint density at radius 2 is 2.19 bits per heavy atom. The molecule has 1 amide bonds. The minimum atomic E-state index is -3.05. The fourth-order valence-electron chi connectivity index (χ4n) is 2.41. The standard InChI is InChI=1S/C14H20N2O4S/c1-2-20-13-7-10(6-11(15)8-13)14(17)16-12-4-3-5-21(18,19)9-12/h6-8,12H,2-5,9,15H2,1H3,(H,16,17). The molecular formula is C14H20N2O4S. The molecule has 2 rings (SSSR count). The van der Waals surface area contributed by atoms with Gasteiger partial charge in [0.1, 0.15) is 5.75 Å². The highest BCUT2D eigenvalue weighted by molar-refractivity contribution is 7.91. The average Bonchev–Trinajstić information content (AvgIpc) is 2.37. The fourth-order valence-corrected chi connectivity index (χ4v) is 4.04. The summed E-state index contributed by atoms with van der Waals surface area (Å²) in [5, 5.41) is 2.76. The number of nitrogens with two attached hydrogens (primary N) is 1. The van der Waals surface area contributed by atoms with Gasteiger partial charge in [0.05, 0.1) is 18.1 Å². The summed E-state index contributed by atoms with van der Waals surface area (Å²) in [6, 6.07) is 4.46. The van der Waals surface area contributed by atoms with Gasteiger partial charge in [-0.15, -0.1) is 0 Å². The van der Waals surface area contributed by atoms with Gasteiger partial charge in [0, 0.05) is 23.4 Å². The van der Waals surface area contributed by atoms with E-state index >= 15 is 0 Å². The zero-order valence-corrected chi connectivity index (χ0v) is 12.8. The number of nitrogens with one attached hydrogen (secondary N) is 1. The van der Waals surface area contributed by atoms with Crippen LogP contribution in [0.15, 0.2) is 18.2 Å². The molecule has 1 aliphatic heterocycles. The molecule has 1 atom stereocenters. The Bertz CT molecular complexity index is 628. The van der Waals surface area contributed by atoms with Crippen molar-refractivity contribution in [2.45, 2.75) is 25.8 Å². The Labute approximate surface area is 124 Å². The molecule has 1 aliphatic rings. The highest BCUT2D eigenvalue weighted by atomic mass is 32.2. The molecule has 1 saturated heterocycles. The second kappa shape index (κ2) is 6.34. The average molecular weight is 312 g/mol. The summed E-state index contributed by atoms with van der Waals surface area (Å²) in [5.41, 5.74) is 6.56. The number of benzene rings is 1. The third-order valence-corrected chi connectivity index (χ3v) is 5.12. The highest BCUT2D eigenvalue weighted by Gasteiger charge is 2.26. The topological polar surface area (TPSA) is 98.5 Å². The van der Waals surface area contributed by atoms with Crippen LogP contribution in [0.4, 0.5) is 5.69 Å². The normalized spacial score (nSPS) is 20.7. The van der Waals surface area contributed by atoms with E-state index in [4.69, 9.17) is 10.5 Å². The molecule has 1 fully saturated rings. The van der Waals surface area contributed by atoms with Crippen LogP contribution in [0.5, 0.6) is 5.75 Å². The van der Waals surface area contributed by atoms with Crippen molar-refractivity contribution in [3.05, 3.63) is 23.8 Å². The summed E-state index contributed by atoms with van der Waals surface area (Å²) in [6.45, 7) is 2.32. The van der Waals surface area contributed by atoms with Crippen molar-refractivity contribution in [3.8, 4) is 5.75 Å². The van der Waals surface area contributed by atoms with E-state index in [2.05, 4.69) is 5.32 Å². The van der Waals surface area contributed by atoms with E-state index < -0.39 is 9.84 Å². The molecule has 6 nitrogen and oxygen atoms in total. The number of carbonyl (C=O) groups excluding carboxylic acids is 1. The van der Waals surface area contributed by atoms with Gasteiger partial charge in [0.2, 0.25) is 0 Å². The first-order valence-corrected chi connectivity index (χ1v) is 8.76. The maximum atomic E-state index is 12.2. The van der Waals surface area contributed by atoms with E-state index in [-0.39, 0.29) is 23.5 Å². The van der Waals surface area contributed by atoms with Crippen molar-refractivity contribution in [1.29, 1.82) is 0 Å². The first kappa shape index (κ1) is 15.6. The van der Waals surface area contributed by atoms with Crippen LogP contribution in [0, 0.1) is 0 Å². The number of rotatable bonds is 4. The third kappa shape index (κ3) is 4.35. The van der Waals surface area contributed by atoms with E-state index in [1.807, 2.05) is 6.92 Å². The molecule has 7 heteroatoms. The van der Waals surface area contributed by atoms with Crippen LogP contribution in [0.25, 0.3) is 0 Å². The number of nitrogen functional groups attached to an aromatic ring is 1. The molecule has 0 bridgehead atoms. The maximum absolute atomic E-state index is 12.2. The van der Waals surface area contributed by atoms with Crippen LogP contribution in [-0.4, -0.2) is 38.5 Å². The van der Waals surface area contributed by atoms with E-state index in [1.54, 1.807) is 18.2 Å². The Kier molecular flexibility index (Phi) is 4.72. The first-order valence-electron chi connectivity index (χ1n) is 6.94. The van der Waals surface area contributed by atoms with Crippen molar-refractivity contribution in [1.82, 2.24) is 5.32 Å². The number of hydrogen-bond donors (Lipinski definition) is 2. The molecule has 1 aromatic carbocycles. The lowest BCUT2D eigenvalue weighted by atomic mass is 10.1. The van der Waals surface area contributed by atoms with Gasteiger partial charge >= 0.3 is 0 Å². The van der Waals surface area contributed by atoms with Gasteiger partial charge in [-0.3, -0.25) is 4.79 Å². The second-order valence-electron chi connectivity index (χ2n) is 5.15. The molecule has 116 valence electrons. The largest absolute Gasteiger partial charge is 0.494 e. The summed E-state index contributed by atoms with van der Waals surface area (Å²) in [6.07, 6.45) is 1.25. The minimum absolute atomic E-state index is 0.000622. The summed E-state index contributed by atoms with van der Waals surface area (Å²) >= 11 is 0. The third-order valence-electron chi connectivity index (χ3n) is 3.30. The number of amides is 1. The molecule has 0 aliphatic carbocycles. The van der Waals surface area contributed by atoms with Crippen LogP contribution < -0.4 is 15.8 Å². The lowest BCUT2D eigenvalue weighted by Crippen LogP contribution is -2.43. The monoisotopic (exact) mass is 312 g/mol. The van der Waals surface area contributed by atoms with Gasteiger partial charge < -0.3 is 15.8 Å². The van der Waals surface area contributed by atoms with Crippen LogP contribution in [0.3, 0.4) is 0 Å². The predicted molar refractivity (Wildman–Crippen MR) is 81.2 cm³/mol. The molecule has 0 spiro atoms. The number of hydrogen-bond acceptors (Lipinski definition) is 5. The molecule has 21 heavy (non-hydrogen) atoms. The highest BCUT2D eigenvalue weighted by Crippen LogP contribution is 2.20. The molecule has 1 aromatic rings. The summed E-state index contributed by atoms with van der Waals surface area (Å²) in [7, 11) is -3.05. The molecule has 0 aromatic heterocycles. The Morgan fingerprint density at radius 1 is 1.43 bits per heavy atom. The first-order chi connectivity index (χ1) is 9.89. The molecular weight excluding hydrogens is 292 g/mol. The molecule has 1 unspecified atom stereocenters. The molecule has 3 N–H and O–H groups in total. The lowest BCUT2D eigenvalue weighted by Gasteiger charge is -2.23. The molecule has 0 saturated carbocycles. The van der Waals surface area contributed by atoms with Crippen molar-refractivity contribution in [2.24, 2.45) is 0 Å². The van der Waals surface area contributed by atoms with Crippen LogP contribution >= 0.6 is 0 Å². The van der Waals surface area contributed by atoms with Crippen molar-refractivity contribution in [2.75, 3.05) is 23.8 Å². The Hall–Kier alpha value is -1.76. The van der Waals surface area contributed by atoms with E-state index in [9.17, 15) is 13.2 Å². The smallest absolute Gasteiger partial charge is 0.251 e. The Balaban J connectivity index is 2.09. The Morgan fingerprint density at radius 3 is 2.86 bits per heavy atom. The predicted octanol–water partition coefficient (Wildman–Crippen LogP) is 0.974. The second-order valence-corrected chi connectivity index (χ2v) is 7.38. The van der Waals surface area contributed by atoms with Gasteiger partial charge in [0.15, 0.2) is 9.84 Å². The van der Waals surface area contributed by atoms with Crippen molar-refractivity contribution in [3.63, 3.8) is 0 Å². The van der Waals surface area contributed by atoms with Crippen LogP contribution in [0.2, 0.25) is 0 Å².